The van der Waals surface area contributed by atoms with Crippen LogP contribution in [0.2, 0.25) is 0 Å². The molecular weight excluding hydrogens is 296 g/mol. The lowest BCUT2D eigenvalue weighted by molar-refractivity contribution is -0.131. The standard InChI is InChI=1S/C17H26N2O2S/c1-16(2,3)15-18-11-12(22-15)8-9-14(20)19-10-6-7-13(19)17(4,5)21/h8-9,11,13,21H,6-7,10H2,1-5H3/b9-8+. The monoisotopic (exact) mass is 322 g/mol. The molecule has 1 aliphatic heterocycles. The molecule has 0 saturated carbocycles. The lowest BCUT2D eigenvalue weighted by Crippen LogP contribution is -2.47. The lowest BCUT2D eigenvalue weighted by atomic mass is 9.96. The molecule has 2 heterocycles. The van der Waals surface area contributed by atoms with Crippen LogP contribution in [0.1, 0.15) is 57.3 Å². The summed E-state index contributed by atoms with van der Waals surface area (Å²) in [7, 11) is 0. The molecule has 1 N–H and O–H groups in total. The maximum atomic E-state index is 12.4. The van der Waals surface area contributed by atoms with E-state index < -0.39 is 5.60 Å². The first-order valence-electron chi connectivity index (χ1n) is 7.76. The Morgan fingerprint density at radius 2 is 2.09 bits per heavy atom. The number of carbonyl (C=O) groups is 1. The average Bonchev–Trinajstić information content (AvgIpc) is 3.03. The highest BCUT2D eigenvalue weighted by Gasteiger charge is 2.37. The number of nitrogens with zero attached hydrogens (tertiary/aromatic N) is 2. The van der Waals surface area contributed by atoms with Crippen LogP contribution in [0.25, 0.3) is 6.08 Å². The molecule has 22 heavy (non-hydrogen) atoms. The second-order valence-corrected chi connectivity index (χ2v) is 8.56. The van der Waals surface area contributed by atoms with E-state index in [1.165, 1.54) is 0 Å². The van der Waals surface area contributed by atoms with E-state index >= 15 is 0 Å². The first-order chi connectivity index (χ1) is 10.1. The smallest absolute Gasteiger partial charge is 0.246 e. The van der Waals surface area contributed by atoms with Crippen LogP contribution in [0.4, 0.5) is 0 Å². The molecule has 1 aromatic rings. The molecule has 0 bridgehead atoms. The van der Waals surface area contributed by atoms with Gasteiger partial charge in [0.15, 0.2) is 0 Å². The molecule has 0 spiro atoms. The molecule has 1 unspecified atom stereocenters. The summed E-state index contributed by atoms with van der Waals surface area (Å²) in [5.74, 6) is -0.0321. The van der Waals surface area contributed by atoms with Gasteiger partial charge in [-0.25, -0.2) is 4.98 Å². The Labute approximate surface area is 136 Å². The first-order valence-corrected chi connectivity index (χ1v) is 8.58. The minimum absolute atomic E-state index is 0.0295. The predicted molar refractivity (Wildman–Crippen MR) is 90.9 cm³/mol. The van der Waals surface area contributed by atoms with Crippen LogP contribution in [0.3, 0.4) is 0 Å². The summed E-state index contributed by atoms with van der Waals surface area (Å²) in [6.45, 7) is 10.6. The Bertz CT molecular complexity index is 564. The quantitative estimate of drug-likeness (QED) is 0.869. The summed E-state index contributed by atoms with van der Waals surface area (Å²) < 4.78 is 0. The number of aromatic nitrogens is 1. The Kier molecular flexibility index (Phi) is 4.78. The third-order valence-corrected chi connectivity index (χ3v) is 5.30. The van der Waals surface area contributed by atoms with Gasteiger partial charge in [-0.2, -0.15) is 0 Å². The number of aliphatic hydroxyl groups is 1. The maximum absolute atomic E-state index is 12.4. The highest BCUT2D eigenvalue weighted by atomic mass is 32.1. The van der Waals surface area contributed by atoms with Crippen molar-refractivity contribution in [3.8, 4) is 0 Å². The molecule has 4 nitrogen and oxygen atoms in total. The summed E-state index contributed by atoms with van der Waals surface area (Å²) >= 11 is 1.61. The van der Waals surface area contributed by atoms with Crippen molar-refractivity contribution in [2.45, 2.75) is 64.5 Å². The van der Waals surface area contributed by atoms with Gasteiger partial charge in [-0.3, -0.25) is 4.79 Å². The lowest BCUT2D eigenvalue weighted by Gasteiger charge is -2.33. The van der Waals surface area contributed by atoms with E-state index in [2.05, 4.69) is 25.8 Å². The molecule has 1 atom stereocenters. The van der Waals surface area contributed by atoms with E-state index in [1.54, 1.807) is 36.2 Å². The van der Waals surface area contributed by atoms with Crippen LogP contribution in [-0.4, -0.2) is 39.1 Å². The number of hydrogen-bond donors (Lipinski definition) is 1. The van der Waals surface area contributed by atoms with Crippen molar-refractivity contribution in [2.24, 2.45) is 0 Å². The van der Waals surface area contributed by atoms with Gasteiger partial charge in [0.25, 0.3) is 0 Å². The van der Waals surface area contributed by atoms with Crippen molar-refractivity contribution in [1.29, 1.82) is 0 Å². The van der Waals surface area contributed by atoms with Crippen molar-refractivity contribution in [3.63, 3.8) is 0 Å². The Hall–Kier alpha value is -1.20. The second-order valence-electron chi connectivity index (χ2n) is 7.49. The van der Waals surface area contributed by atoms with Crippen LogP contribution < -0.4 is 0 Å². The zero-order valence-electron chi connectivity index (χ0n) is 14.1. The molecule has 0 aromatic carbocycles. The van der Waals surface area contributed by atoms with Crippen LogP contribution in [0.5, 0.6) is 0 Å². The highest BCUT2D eigenvalue weighted by molar-refractivity contribution is 7.12. The van der Waals surface area contributed by atoms with Gasteiger partial charge < -0.3 is 10.0 Å². The number of rotatable bonds is 3. The molecule has 0 aliphatic carbocycles. The van der Waals surface area contributed by atoms with Gasteiger partial charge in [0, 0.05) is 29.1 Å². The third-order valence-electron chi connectivity index (χ3n) is 3.91. The van der Waals surface area contributed by atoms with Crippen molar-refractivity contribution in [2.75, 3.05) is 6.54 Å². The van der Waals surface area contributed by atoms with Gasteiger partial charge in [0.2, 0.25) is 5.91 Å². The molecule has 1 fully saturated rings. The highest BCUT2D eigenvalue weighted by Crippen LogP contribution is 2.29. The van der Waals surface area contributed by atoms with E-state index in [4.69, 9.17) is 0 Å². The fraction of sp³-hybridized carbons (Fsp3) is 0.647. The molecule has 0 radical (unpaired) electrons. The zero-order chi connectivity index (χ0) is 16.5. The van der Waals surface area contributed by atoms with Crippen molar-refractivity contribution in [1.82, 2.24) is 9.88 Å². The summed E-state index contributed by atoms with van der Waals surface area (Å²) in [5, 5.41) is 11.3. The topological polar surface area (TPSA) is 53.4 Å². The van der Waals surface area contributed by atoms with Crippen LogP contribution >= 0.6 is 11.3 Å². The predicted octanol–water partition coefficient (Wildman–Crippen LogP) is 3.22. The Morgan fingerprint density at radius 3 is 2.64 bits per heavy atom. The third kappa shape index (κ3) is 3.96. The van der Waals surface area contributed by atoms with Crippen molar-refractivity contribution < 1.29 is 9.90 Å². The molecule has 5 heteroatoms. The number of likely N-dealkylation sites (tertiary alicyclic amines) is 1. The first kappa shape index (κ1) is 17.2. The normalized spacial score (nSPS) is 20.1. The molecule has 122 valence electrons. The van der Waals surface area contributed by atoms with Crippen LogP contribution in [-0.2, 0) is 10.2 Å². The minimum atomic E-state index is -0.857. The second kappa shape index (κ2) is 6.13. The Morgan fingerprint density at radius 1 is 1.41 bits per heavy atom. The van der Waals surface area contributed by atoms with Gasteiger partial charge in [0.05, 0.1) is 16.7 Å². The SMILES string of the molecule is CC(C)(C)c1ncc(/C=C/C(=O)N2CCCC2C(C)(C)O)s1. The minimum Gasteiger partial charge on any atom is -0.388 e. The van der Waals surface area contributed by atoms with E-state index in [0.717, 1.165) is 22.7 Å². The molecular formula is C17H26N2O2S. The van der Waals surface area contributed by atoms with Gasteiger partial charge in [-0.1, -0.05) is 20.8 Å². The fourth-order valence-electron chi connectivity index (χ4n) is 2.72. The van der Waals surface area contributed by atoms with Gasteiger partial charge >= 0.3 is 0 Å². The maximum Gasteiger partial charge on any atom is 0.246 e. The summed E-state index contributed by atoms with van der Waals surface area (Å²) in [5.41, 5.74) is -0.828. The van der Waals surface area contributed by atoms with E-state index in [9.17, 15) is 9.90 Å². The number of amides is 1. The van der Waals surface area contributed by atoms with Crippen LogP contribution in [0.15, 0.2) is 12.3 Å². The van der Waals surface area contributed by atoms with Crippen molar-refractivity contribution >= 4 is 23.3 Å². The number of thiazole rings is 1. The largest absolute Gasteiger partial charge is 0.388 e. The van der Waals surface area contributed by atoms with Gasteiger partial charge in [0.1, 0.15) is 0 Å². The zero-order valence-corrected chi connectivity index (χ0v) is 14.9. The van der Waals surface area contributed by atoms with Gasteiger partial charge in [-0.05, 0) is 32.8 Å². The molecule has 1 saturated heterocycles. The van der Waals surface area contributed by atoms with E-state index in [1.807, 2.05) is 12.3 Å². The fourth-order valence-corrected chi connectivity index (χ4v) is 3.60. The number of carbonyl (C=O) groups excluding carboxylic acids is 1. The average molecular weight is 322 g/mol. The molecule has 2 rings (SSSR count). The Balaban J connectivity index is 2.07. The summed E-state index contributed by atoms with van der Waals surface area (Å²) in [6.07, 6.45) is 7.05. The summed E-state index contributed by atoms with van der Waals surface area (Å²) in [6, 6.07) is -0.101. The summed E-state index contributed by atoms with van der Waals surface area (Å²) in [4.78, 5) is 19.6. The van der Waals surface area contributed by atoms with E-state index in [0.29, 0.717) is 6.54 Å². The molecule has 1 aromatic heterocycles. The van der Waals surface area contributed by atoms with Crippen molar-refractivity contribution in [3.05, 3.63) is 22.2 Å². The number of hydrogen-bond acceptors (Lipinski definition) is 4. The molecule has 1 amide bonds. The molecule has 1 aliphatic rings. The van der Waals surface area contributed by atoms with E-state index in [-0.39, 0.29) is 17.4 Å². The van der Waals surface area contributed by atoms with Crippen LogP contribution in [0, 0.1) is 0 Å². The van der Waals surface area contributed by atoms with Gasteiger partial charge in [-0.15, -0.1) is 11.3 Å².